The molecule has 154 valence electrons. The van der Waals surface area contributed by atoms with Crippen LogP contribution in [0.2, 0.25) is 0 Å². The molecule has 6 N–H and O–H groups in total. The van der Waals surface area contributed by atoms with Crippen LogP contribution in [0.25, 0.3) is 11.3 Å². The molecule has 0 unspecified atom stereocenters. The van der Waals surface area contributed by atoms with Crippen molar-refractivity contribution >= 4 is 29.2 Å². The van der Waals surface area contributed by atoms with Gasteiger partial charge in [-0.25, -0.2) is 9.18 Å². The van der Waals surface area contributed by atoms with Crippen molar-refractivity contribution in [2.75, 3.05) is 17.2 Å². The number of H-pyrrole nitrogens is 1. The summed E-state index contributed by atoms with van der Waals surface area (Å²) in [6, 6.07) is 11.7. The van der Waals surface area contributed by atoms with E-state index in [1.165, 1.54) is 18.3 Å². The van der Waals surface area contributed by atoms with E-state index in [0.29, 0.717) is 22.6 Å². The second-order valence-electron chi connectivity index (χ2n) is 6.30. The molecule has 0 aliphatic rings. The quantitative estimate of drug-likeness (QED) is 0.408. The third kappa shape index (κ3) is 5.41. The van der Waals surface area contributed by atoms with E-state index in [1.807, 2.05) is 0 Å². The van der Waals surface area contributed by atoms with Gasteiger partial charge in [0.25, 0.3) is 5.91 Å². The minimum atomic E-state index is -0.515. The van der Waals surface area contributed by atoms with Gasteiger partial charge in [0.05, 0.1) is 17.5 Å². The number of aromatic nitrogens is 2. The lowest BCUT2D eigenvalue weighted by Gasteiger charge is -2.10. The van der Waals surface area contributed by atoms with Gasteiger partial charge < -0.3 is 21.7 Å². The van der Waals surface area contributed by atoms with E-state index in [0.717, 1.165) is 0 Å². The molecule has 9 nitrogen and oxygen atoms in total. The van der Waals surface area contributed by atoms with Crippen molar-refractivity contribution in [1.29, 1.82) is 0 Å². The number of nitrogens with two attached hydrogens (primary N) is 1. The third-order valence-corrected chi connectivity index (χ3v) is 4.05. The summed E-state index contributed by atoms with van der Waals surface area (Å²) in [6.07, 6.45) is 1.41. The molecule has 0 bridgehead atoms. The average Bonchev–Trinajstić information content (AvgIpc) is 3.18. The standard InChI is InChI=1S/C20H19FN6O3/c21-13-6-4-12(5-7-13)18-16(11-24-27-18)19(29)25-14-2-1-3-15(10-14)26-20(30)23-9-8-17(22)28/h1-7,10-11H,8-9H2,(H2,22,28)(H,24,27)(H,25,29)(H2,23,26,30). The molecule has 0 aliphatic carbocycles. The van der Waals surface area contributed by atoms with Crippen LogP contribution in [-0.4, -0.2) is 34.6 Å². The topological polar surface area (TPSA) is 142 Å². The second kappa shape index (κ2) is 9.32. The number of carbonyl (C=O) groups is 3. The Balaban J connectivity index is 1.66. The molecule has 2 aromatic carbocycles. The highest BCUT2D eigenvalue weighted by Gasteiger charge is 2.16. The Morgan fingerprint density at radius 2 is 1.73 bits per heavy atom. The van der Waals surface area contributed by atoms with E-state index in [4.69, 9.17) is 5.73 Å². The van der Waals surface area contributed by atoms with Crippen molar-refractivity contribution in [3.8, 4) is 11.3 Å². The zero-order chi connectivity index (χ0) is 21.5. The number of aromatic amines is 1. The van der Waals surface area contributed by atoms with Crippen LogP contribution in [0.1, 0.15) is 16.8 Å². The first kappa shape index (κ1) is 20.5. The summed E-state index contributed by atoms with van der Waals surface area (Å²) in [5.41, 5.74) is 7.25. The molecule has 3 aromatic rings. The van der Waals surface area contributed by atoms with E-state index in [1.54, 1.807) is 36.4 Å². The number of amides is 4. The summed E-state index contributed by atoms with van der Waals surface area (Å²) >= 11 is 0. The Kier molecular flexibility index (Phi) is 6.38. The summed E-state index contributed by atoms with van der Waals surface area (Å²) < 4.78 is 13.1. The fourth-order valence-electron chi connectivity index (χ4n) is 2.64. The van der Waals surface area contributed by atoms with E-state index in [-0.39, 0.29) is 24.3 Å². The fourth-order valence-corrected chi connectivity index (χ4v) is 2.64. The number of nitrogens with zero attached hydrogens (tertiary/aromatic N) is 1. The largest absolute Gasteiger partial charge is 0.370 e. The molecule has 0 spiro atoms. The van der Waals surface area contributed by atoms with Gasteiger partial charge in [-0.2, -0.15) is 5.10 Å². The summed E-state index contributed by atoms with van der Waals surface area (Å²) in [5.74, 6) is -1.32. The normalized spacial score (nSPS) is 10.3. The third-order valence-electron chi connectivity index (χ3n) is 4.05. The first-order valence-corrected chi connectivity index (χ1v) is 8.96. The van der Waals surface area contributed by atoms with Gasteiger partial charge in [-0.1, -0.05) is 6.07 Å². The van der Waals surface area contributed by atoms with Gasteiger partial charge >= 0.3 is 6.03 Å². The highest BCUT2D eigenvalue weighted by atomic mass is 19.1. The molecule has 4 amide bonds. The van der Waals surface area contributed by atoms with Crippen molar-refractivity contribution in [1.82, 2.24) is 15.5 Å². The lowest BCUT2D eigenvalue weighted by molar-refractivity contribution is -0.117. The number of hydrogen-bond acceptors (Lipinski definition) is 4. The number of nitrogens with one attached hydrogen (secondary N) is 4. The number of carbonyl (C=O) groups excluding carboxylic acids is 3. The van der Waals surface area contributed by atoms with Gasteiger partial charge in [-0.05, 0) is 42.5 Å². The van der Waals surface area contributed by atoms with Crippen molar-refractivity contribution in [3.05, 3.63) is 66.1 Å². The first-order chi connectivity index (χ1) is 14.4. The van der Waals surface area contributed by atoms with Crippen molar-refractivity contribution in [2.24, 2.45) is 5.73 Å². The summed E-state index contributed by atoms with van der Waals surface area (Å²) in [6.45, 7) is 0.115. The molecule has 0 fully saturated rings. The summed E-state index contributed by atoms with van der Waals surface area (Å²) in [5, 5.41) is 14.5. The molecule has 0 radical (unpaired) electrons. The smallest absolute Gasteiger partial charge is 0.319 e. The van der Waals surface area contributed by atoms with Gasteiger partial charge in [0, 0.05) is 29.9 Å². The molecular weight excluding hydrogens is 391 g/mol. The molecule has 1 aromatic heterocycles. The predicted molar refractivity (Wildman–Crippen MR) is 109 cm³/mol. The average molecular weight is 410 g/mol. The van der Waals surface area contributed by atoms with E-state index in [9.17, 15) is 18.8 Å². The van der Waals surface area contributed by atoms with Crippen LogP contribution in [0, 0.1) is 5.82 Å². The Labute approximate surface area is 170 Å². The molecule has 1 heterocycles. The maximum Gasteiger partial charge on any atom is 0.319 e. The van der Waals surface area contributed by atoms with Crippen LogP contribution in [0.4, 0.5) is 20.6 Å². The maximum absolute atomic E-state index is 13.1. The van der Waals surface area contributed by atoms with Crippen molar-refractivity contribution in [2.45, 2.75) is 6.42 Å². The van der Waals surface area contributed by atoms with Crippen LogP contribution in [-0.2, 0) is 4.79 Å². The minimum Gasteiger partial charge on any atom is -0.370 e. The molecule has 0 aliphatic heterocycles. The van der Waals surface area contributed by atoms with Crippen LogP contribution in [0.15, 0.2) is 54.7 Å². The lowest BCUT2D eigenvalue weighted by atomic mass is 10.1. The van der Waals surface area contributed by atoms with Gasteiger partial charge in [0.2, 0.25) is 5.91 Å². The van der Waals surface area contributed by atoms with E-state index < -0.39 is 17.8 Å². The van der Waals surface area contributed by atoms with Gasteiger partial charge in [0.15, 0.2) is 0 Å². The monoisotopic (exact) mass is 410 g/mol. The molecule has 30 heavy (non-hydrogen) atoms. The summed E-state index contributed by atoms with van der Waals surface area (Å²) in [4.78, 5) is 35.2. The first-order valence-electron chi connectivity index (χ1n) is 8.96. The van der Waals surface area contributed by atoms with Gasteiger partial charge in [-0.3, -0.25) is 14.7 Å². The number of halogens is 1. The van der Waals surface area contributed by atoms with Crippen molar-refractivity contribution in [3.63, 3.8) is 0 Å². The maximum atomic E-state index is 13.1. The molecule has 10 heteroatoms. The van der Waals surface area contributed by atoms with Crippen LogP contribution in [0.3, 0.4) is 0 Å². The Morgan fingerprint density at radius 3 is 2.43 bits per heavy atom. The molecule has 0 saturated carbocycles. The van der Waals surface area contributed by atoms with E-state index >= 15 is 0 Å². The van der Waals surface area contributed by atoms with Crippen molar-refractivity contribution < 1.29 is 18.8 Å². The zero-order valence-corrected chi connectivity index (χ0v) is 15.7. The fraction of sp³-hybridized carbons (Fsp3) is 0.100. The van der Waals surface area contributed by atoms with Gasteiger partial charge in [0.1, 0.15) is 5.82 Å². The van der Waals surface area contributed by atoms with Crippen LogP contribution in [0.5, 0.6) is 0 Å². The van der Waals surface area contributed by atoms with E-state index in [2.05, 4.69) is 26.1 Å². The number of urea groups is 1. The molecule has 0 atom stereocenters. The van der Waals surface area contributed by atoms with Crippen LogP contribution >= 0.6 is 0 Å². The Hall–Kier alpha value is -4.21. The minimum absolute atomic E-state index is 0.0323. The lowest BCUT2D eigenvalue weighted by Crippen LogP contribution is -2.31. The SMILES string of the molecule is NC(=O)CCNC(=O)Nc1cccc(NC(=O)c2cn[nH]c2-c2ccc(F)cc2)c1. The number of primary amides is 1. The number of rotatable bonds is 7. The summed E-state index contributed by atoms with van der Waals surface area (Å²) in [7, 11) is 0. The number of hydrogen-bond donors (Lipinski definition) is 5. The number of anilines is 2. The van der Waals surface area contributed by atoms with Crippen LogP contribution < -0.4 is 21.7 Å². The second-order valence-corrected chi connectivity index (χ2v) is 6.30. The molecule has 0 saturated heterocycles. The highest BCUT2D eigenvalue weighted by Crippen LogP contribution is 2.23. The van der Waals surface area contributed by atoms with Gasteiger partial charge in [-0.15, -0.1) is 0 Å². The molecular formula is C20H19FN6O3. The highest BCUT2D eigenvalue weighted by molar-refractivity contribution is 6.08. The Morgan fingerprint density at radius 1 is 1.03 bits per heavy atom. The Bertz CT molecular complexity index is 1060. The predicted octanol–water partition coefficient (Wildman–Crippen LogP) is 2.46. The molecule has 3 rings (SSSR count). The number of benzene rings is 2. The zero-order valence-electron chi connectivity index (χ0n) is 15.7.